The molecule has 0 spiro atoms. The summed E-state index contributed by atoms with van der Waals surface area (Å²) >= 11 is 0. The normalized spacial score (nSPS) is 21.2. The molecule has 19 heavy (non-hydrogen) atoms. The van der Waals surface area contributed by atoms with Gasteiger partial charge in [0.25, 0.3) is 0 Å². The molecule has 1 aromatic rings. The fourth-order valence-corrected chi connectivity index (χ4v) is 2.77. The first-order chi connectivity index (χ1) is 9.22. The zero-order valence-corrected chi connectivity index (χ0v) is 12.4. The molecule has 1 aromatic heterocycles. The Hall–Kier alpha value is -0.870. The van der Waals surface area contributed by atoms with E-state index in [0.29, 0.717) is 17.9 Å². The molecule has 2 atom stereocenters. The number of rotatable bonds is 7. The third-order valence-corrected chi connectivity index (χ3v) is 3.85. The average molecular weight is 265 g/mol. The molecule has 4 nitrogen and oxygen atoms in total. The van der Waals surface area contributed by atoms with Crippen LogP contribution in [0.1, 0.15) is 45.4 Å². The van der Waals surface area contributed by atoms with E-state index in [1.165, 1.54) is 18.7 Å². The van der Waals surface area contributed by atoms with E-state index in [0.717, 1.165) is 26.3 Å². The maximum absolute atomic E-state index is 5.55. The summed E-state index contributed by atoms with van der Waals surface area (Å²) in [6, 6.07) is 0.495. The Morgan fingerprint density at radius 2 is 2.37 bits per heavy atom. The van der Waals surface area contributed by atoms with E-state index in [2.05, 4.69) is 41.8 Å². The van der Waals surface area contributed by atoms with Crippen LogP contribution in [-0.4, -0.2) is 35.4 Å². The minimum absolute atomic E-state index is 0.474. The fourth-order valence-electron chi connectivity index (χ4n) is 2.77. The molecule has 0 aromatic carbocycles. The molecule has 1 saturated heterocycles. The highest BCUT2D eigenvalue weighted by Gasteiger charge is 2.26. The Morgan fingerprint density at radius 3 is 3.00 bits per heavy atom. The van der Waals surface area contributed by atoms with Gasteiger partial charge in [-0.1, -0.05) is 20.8 Å². The van der Waals surface area contributed by atoms with E-state index < -0.39 is 0 Å². The first-order valence-electron chi connectivity index (χ1n) is 7.54. The van der Waals surface area contributed by atoms with Gasteiger partial charge in [-0.3, -0.25) is 0 Å². The van der Waals surface area contributed by atoms with Crippen LogP contribution in [0.5, 0.6) is 0 Å². The van der Waals surface area contributed by atoms with Crippen LogP contribution in [0.25, 0.3) is 0 Å². The quantitative estimate of drug-likeness (QED) is 0.823. The molecule has 1 aliphatic rings. The minimum atomic E-state index is 0.474. The summed E-state index contributed by atoms with van der Waals surface area (Å²) in [5, 5.41) is 3.69. The Balaban J connectivity index is 2.03. The van der Waals surface area contributed by atoms with E-state index in [1.54, 1.807) is 0 Å². The van der Waals surface area contributed by atoms with Crippen LogP contribution in [0.15, 0.2) is 12.4 Å². The molecule has 1 fully saturated rings. The topological polar surface area (TPSA) is 39.1 Å². The number of hydrogen-bond acceptors (Lipinski definition) is 3. The van der Waals surface area contributed by atoms with Crippen molar-refractivity contribution in [2.24, 2.45) is 5.92 Å². The molecule has 4 heteroatoms. The Bertz CT molecular complexity index is 369. The zero-order chi connectivity index (χ0) is 13.7. The van der Waals surface area contributed by atoms with Crippen molar-refractivity contribution in [2.75, 3.05) is 19.8 Å². The van der Waals surface area contributed by atoms with Gasteiger partial charge < -0.3 is 14.6 Å². The first-order valence-corrected chi connectivity index (χ1v) is 7.54. The number of aromatic nitrogens is 2. The second-order valence-corrected chi connectivity index (χ2v) is 5.78. The van der Waals surface area contributed by atoms with E-state index in [9.17, 15) is 0 Å². The molecule has 0 aliphatic carbocycles. The van der Waals surface area contributed by atoms with Crippen LogP contribution in [0.3, 0.4) is 0 Å². The Morgan fingerprint density at radius 1 is 1.53 bits per heavy atom. The number of hydrogen-bond donors (Lipinski definition) is 1. The van der Waals surface area contributed by atoms with Crippen LogP contribution < -0.4 is 5.32 Å². The molecule has 0 saturated carbocycles. The van der Waals surface area contributed by atoms with Crippen LogP contribution >= 0.6 is 0 Å². The maximum Gasteiger partial charge on any atom is 0.111 e. The Kier molecular flexibility index (Phi) is 5.40. The van der Waals surface area contributed by atoms with Gasteiger partial charge in [-0.25, -0.2) is 4.98 Å². The highest BCUT2D eigenvalue weighted by Crippen LogP contribution is 2.20. The standard InChI is InChI=1S/C15H27N3O/c1-4-6-16-14(13-5-9-19-11-13)10-18-8-7-17-15(18)12(2)3/h7-8,12-14,16H,4-6,9-11H2,1-3H3. The van der Waals surface area contributed by atoms with Gasteiger partial charge in [0, 0.05) is 43.4 Å². The first kappa shape index (κ1) is 14.5. The van der Waals surface area contributed by atoms with Gasteiger partial charge in [0.1, 0.15) is 5.82 Å². The number of imidazole rings is 1. The van der Waals surface area contributed by atoms with Crippen molar-refractivity contribution in [3.63, 3.8) is 0 Å². The molecule has 1 N–H and O–H groups in total. The van der Waals surface area contributed by atoms with Crippen molar-refractivity contribution in [1.29, 1.82) is 0 Å². The van der Waals surface area contributed by atoms with Crippen LogP contribution in [-0.2, 0) is 11.3 Å². The fraction of sp³-hybridized carbons (Fsp3) is 0.800. The van der Waals surface area contributed by atoms with E-state index in [4.69, 9.17) is 4.74 Å². The molecule has 2 heterocycles. The van der Waals surface area contributed by atoms with E-state index in [1.807, 2.05) is 6.20 Å². The summed E-state index contributed by atoms with van der Waals surface area (Å²) in [5.41, 5.74) is 0. The van der Waals surface area contributed by atoms with Crippen molar-refractivity contribution in [1.82, 2.24) is 14.9 Å². The largest absolute Gasteiger partial charge is 0.381 e. The van der Waals surface area contributed by atoms with Gasteiger partial charge in [0.2, 0.25) is 0 Å². The summed E-state index contributed by atoms with van der Waals surface area (Å²) < 4.78 is 7.85. The molecule has 0 amide bonds. The van der Waals surface area contributed by atoms with Crippen LogP contribution in [0, 0.1) is 5.92 Å². The second-order valence-electron chi connectivity index (χ2n) is 5.78. The lowest BCUT2D eigenvalue weighted by atomic mass is 9.98. The lowest BCUT2D eigenvalue weighted by Crippen LogP contribution is -2.40. The van der Waals surface area contributed by atoms with Gasteiger partial charge >= 0.3 is 0 Å². The van der Waals surface area contributed by atoms with Crippen molar-refractivity contribution in [3.8, 4) is 0 Å². The van der Waals surface area contributed by atoms with Crippen LogP contribution in [0.4, 0.5) is 0 Å². The van der Waals surface area contributed by atoms with Gasteiger partial charge in [-0.05, 0) is 19.4 Å². The van der Waals surface area contributed by atoms with Gasteiger partial charge in [0.15, 0.2) is 0 Å². The van der Waals surface area contributed by atoms with Crippen molar-refractivity contribution in [2.45, 2.75) is 52.1 Å². The molecular formula is C15H27N3O. The maximum atomic E-state index is 5.55. The van der Waals surface area contributed by atoms with Gasteiger partial charge in [0.05, 0.1) is 6.61 Å². The second kappa shape index (κ2) is 7.06. The molecule has 108 valence electrons. The summed E-state index contributed by atoms with van der Waals surface area (Å²) in [5.74, 6) is 2.29. The predicted octanol–water partition coefficient (Wildman–Crippen LogP) is 2.41. The molecule has 0 bridgehead atoms. The van der Waals surface area contributed by atoms with Crippen molar-refractivity contribution < 1.29 is 4.74 Å². The lowest BCUT2D eigenvalue weighted by molar-refractivity contribution is 0.173. The monoisotopic (exact) mass is 265 g/mol. The van der Waals surface area contributed by atoms with Gasteiger partial charge in [-0.15, -0.1) is 0 Å². The molecular weight excluding hydrogens is 238 g/mol. The smallest absolute Gasteiger partial charge is 0.111 e. The zero-order valence-electron chi connectivity index (χ0n) is 12.4. The molecule has 2 unspecified atom stereocenters. The third-order valence-electron chi connectivity index (χ3n) is 3.85. The average Bonchev–Trinajstić information content (AvgIpc) is 3.04. The highest BCUT2D eigenvalue weighted by molar-refractivity contribution is 4.99. The summed E-state index contributed by atoms with van der Waals surface area (Å²) in [6.07, 6.45) is 6.36. The van der Waals surface area contributed by atoms with Crippen LogP contribution in [0.2, 0.25) is 0 Å². The SMILES string of the molecule is CCCNC(Cn1ccnc1C(C)C)C1CCOC1. The summed E-state index contributed by atoms with van der Waals surface area (Å²) in [6.45, 7) is 10.5. The number of nitrogens with zero attached hydrogens (tertiary/aromatic N) is 2. The third kappa shape index (κ3) is 3.80. The lowest BCUT2D eigenvalue weighted by Gasteiger charge is -2.25. The highest BCUT2D eigenvalue weighted by atomic mass is 16.5. The Labute approximate surface area is 116 Å². The predicted molar refractivity (Wildman–Crippen MR) is 77.3 cm³/mol. The van der Waals surface area contributed by atoms with E-state index >= 15 is 0 Å². The van der Waals surface area contributed by atoms with Crippen molar-refractivity contribution in [3.05, 3.63) is 18.2 Å². The summed E-state index contributed by atoms with van der Waals surface area (Å²) in [4.78, 5) is 4.48. The van der Waals surface area contributed by atoms with E-state index in [-0.39, 0.29) is 0 Å². The van der Waals surface area contributed by atoms with Gasteiger partial charge in [-0.2, -0.15) is 0 Å². The summed E-state index contributed by atoms with van der Waals surface area (Å²) in [7, 11) is 0. The molecule has 1 aliphatic heterocycles. The molecule has 2 rings (SSSR count). The number of ether oxygens (including phenoxy) is 1. The minimum Gasteiger partial charge on any atom is -0.381 e. The molecule has 0 radical (unpaired) electrons. The van der Waals surface area contributed by atoms with Crippen molar-refractivity contribution >= 4 is 0 Å². The number of nitrogens with one attached hydrogen (secondary N) is 1.